The van der Waals surface area contributed by atoms with Crippen LogP contribution in [0.15, 0.2) is 146 Å². The molecule has 0 radical (unpaired) electrons. The summed E-state index contributed by atoms with van der Waals surface area (Å²) in [5.41, 5.74) is 5.94. The van der Waals surface area contributed by atoms with Crippen molar-refractivity contribution in [3.05, 3.63) is 168 Å². The maximum absolute atomic E-state index is 15.1. The molecule has 0 aromatic heterocycles. The van der Waals surface area contributed by atoms with E-state index in [1.807, 2.05) is 0 Å². The molecule has 0 bridgehead atoms. The van der Waals surface area contributed by atoms with Gasteiger partial charge in [-0.25, -0.2) is 0 Å². The van der Waals surface area contributed by atoms with Gasteiger partial charge in [-0.05, 0) is 146 Å². The lowest BCUT2D eigenvalue weighted by Gasteiger charge is -2.33. The molecule has 6 rings (SSSR count). The predicted octanol–water partition coefficient (Wildman–Crippen LogP) is 13.3. The molecule has 6 aromatic carbocycles. The Hall–Kier alpha value is -6.52. The normalized spacial score (nSPS) is 12.9. The Bertz CT molecular complexity index is 2190. The molecule has 0 saturated heterocycles. The standard InChI is InChI=1S/C42H28F12N2O3/c43-37(44,41(51,52)39(47,48)27-5-17-33(18-6-27)58-35-21-9-29(55)10-22-35)25-1-13-31(14-2-25)57-32-15-3-26(4-16-32)38(45,46)42(53,54)40(49,50)28-7-19-34(20-8-28)59-36-23-11-30(56)12-24-36/h1-24H,55-56H2. The second-order valence-corrected chi connectivity index (χ2v) is 13.0. The maximum atomic E-state index is 15.1. The van der Waals surface area contributed by atoms with E-state index in [-0.39, 0.29) is 23.0 Å². The topological polar surface area (TPSA) is 79.7 Å². The Morgan fingerprint density at radius 2 is 0.407 bits per heavy atom. The van der Waals surface area contributed by atoms with Gasteiger partial charge < -0.3 is 25.7 Å². The smallest absolute Gasteiger partial charge is 0.380 e. The molecule has 0 heterocycles. The van der Waals surface area contributed by atoms with Crippen molar-refractivity contribution in [2.24, 2.45) is 0 Å². The highest BCUT2D eigenvalue weighted by atomic mass is 19.4. The fraction of sp³-hybridized carbons (Fsp3) is 0.143. The first-order valence-corrected chi connectivity index (χ1v) is 17.0. The van der Waals surface area contributed by atoms with Crippen LogP contribution in [0.2, 0.25) is 0 Å². The quantitative estimate of drug-likeness (QED) is 0.0844. The van der Waals surface area contributed by atoms with E-state index in [4.69, 9.17) is 25.7 Å². The fourth-order valence-electron chi connectivity index (χ4n) is 5.53. The SMILES string of the molecule is Nc1ccc(Oc2ccc(C(F)(F)C(F)(F)C(F)(F)c3ccc(Oc4ccc(C(F)(F)C(F)(F)C(F)(F)c5ccc(Oc6ccc(N)cc6)cc5)cc4)cc3)cc2)cc1. The van der Waals surface area contributed by atoms with E-state index in [1.165, 1.54) is 48.5 Å². The zero-order valence-corrected chi connectivity index (χ0v) is 29.8. The molecule has 0 atom stereocenters. The summed E-state index contributed by atoms with van der Waals surface area (Å²) in [6, 6.07) is 21.3. The molecule has 0 saturated carbocycles. The van der Waals surface area contributed by atoms with Crippen LogP contribution >= 0.6 is 0 Å². The van der Waals surface area contributed by atoms with Crippen LogP contribution in [0, 0.1) is 0 Å². The zero-order valence-electron chi connectivity index (χ0n) is 29.8. The molecule has 59 heavy (non-hydrogen) atoms. The zero-order chi connectivity index (χ0) is 43.0. The Balaban J connectivity index is 1.11. The van der Waals surface area contributed by atoms with Crippen molar-refractivity contribution in [2.75, 3.05) is 11.5 Å². The summed E-state index contributed by atoms with van der Waals surface area (Å²) >= 11 is 0. The number of ether oxygens (including phenoxy) is 3. The molecule has 17 heteroatoms. The van der Waals surface area contributed by atoms with Gasteiger partial charge in [0.25, 0.3) is 0 Å². The van der Waals surface area contributed by atoms with Crippen LogP contribution in [0.25, 0.3) is 0 Å². The first-order chi connectivity index (χ1) is 27.6. The molecule has 0 unspecified atom stereocenters. The Morgan fingerprint density at radius 3 is 0.576 bits per heavy atom. The highest BCUT2D eigenvalue weighted by molar-refractivity contribution is 5.45. The average Bonchev–Trinajstić information content (AvgIpc) is 3.20. The molecule has 4 N–H and O–H groups in total. The van der Waals surface area contributed by atoms with Gasteiger partial charge >= 0.3 is 35.5 Å². The summed E-state index contributed by atoms with van der Waals surface area (Å²) in [5, 5.41) is 0. The van der Waals surface area contributed by atoms with Gasteiger partial charge in [-0.15, -0.1) is 0 Å². The van der Waals surface area contributed by atoms with Crippen LogP contribution in [-0.4, -0.2) is 11.8 Å². The van der Waals surface area contributed by atoms with Crippen LogP contribution in [0.5, 0.6) is 34.5 Å². The number of halogens is 12. The van der Waals surface area contributed by atoms with Crippen LogP contribution < -0.4 is 25.7 Å². The number of anilines is 2. The van der Waals surface area contributed by atoms with Gasteiger partial charge in [0, 0.05) is 33.6 Å². The van der Waals surface area contributed by atoms with E-state index in [1.54, 1.807) is 0 Å². The van der Waals surface area contributed by atoms with Crippen molar-refractivity contribution in [1.29, 1.82) is 0 Å². The molecule has 0 aliphatic rings. The Morgan fingerprint density at radius 1 is 0.254 bits per heavy atom. The van der Waals surface area contributed by atoms with Gasteiger partial charge in [-0.3, -0.25) is 0 Å². The minimum Gasteiger partial charge on any atom is -0.457 e. The molecule has 0 amide bonds. The van der Waals surface area contributed by atoms with E-state index >= 15 is 52.7 Å². The van der Waals surface area contributed by atoms with E-state index in [2.05, 4.69) is 0 Å². The minimum absolute atomic E-state index is 0.0666. The van der Waals surface area contributed by atoms with E-state index < -0.39 is 69.3 Å². The summed E-state index contributed by atoms with van der Waals surface area (Å²) in [5.74, 6) is -34.2. The highest BCUT2D eigenvalue weighted by Crippen LogP contribution is 2.57. The third-order valence-electron chi connectivity index (χ3n) is 8.91. The lowest BCUT2D eigenvalue weighted by Crippen LogP contribution is -2.50. The Kier molecular flexibility index (Phi) is 10.9. The van der Waals surface area contributed by atoms with Gasteiger partial charge in [-0.2, -0.15) is 52.7 Å². The largest absolute Gasteiger partial charge is 0.457 e. The molecule has 5 nitrogen and oxygen atoms in total. The first-order valence-electron chi connectivity index (χ1n) is 17.0. The van der Waals surface area contributed by atoms with E-state index in [0.29, 0.717) is 84.2 Å². The van der Waals surface area contributed by atoms with Crippen molar-refractivity contribution in [2.45, 2.75) is 35.5 Å². The second-order valence-electron chi connectivity index (χ2n) is 13.0. The summed E-state index contributed by atoms with van der Waals surface area (Å²) in [6.07, 6.45) is 0. The van der Waals surface area contributed by atoms with Crippen molar-refractivity contribution < 1.29 is 66.9 Å². The van der Waals surface area contributed by atoms with Crippen LogP contribution in [0.4, 0.5) is 64.1 Å². The fourth-order valence-corrected chi connectivity index (χ4v) is 5.53. The van der Waals surface area contributed by atoms with Gasteiger partial charge in [0.2, 0.25) is 0 Å². The van der Waals surface area contributed by atoms with Gasteiger partial charge in [0.1, 0.15) is 34.5 Å². The molecule has 0 fully saturated rings. The van der Waals surface area contributed by atoms with Crippen LogP contribution in [0.1, 0.15) is 22.3 Å². The van der Waals surface area contributed by atoms with Crippen LogP contribution in [0.3, 0.4) is 0 Å². The predicted molar refractivity (Wildman–Crippen MR) is 193 cm³/mol. The number of rotatable bonds is 14. The molecule has 0 aliphatic heterocycles. The number of hydrogen-bond donors (Lipinski definition) is 2. The second kappa shape index (κ2) is 15.3. The van der Waals surface area contributed by atoms with Crippen LogP contribution in [-0.2, 0) is 23.7 Å². The highest BCUT2D eigenvalue weighted by Gasteiger charge is 2.73. The lowest BCUT2D eigenvalue weighted by atomic mass is 9.92. The van der Waals surface area contributed by atoms with Gasteiger partial charge in [0.05, 0.1) is 0 Å². The summed E-state index contributed by atoms with van der Waals surface area (Å²) in [6.45, 7) is 0. The van der Waals surface area contributed by atoms with Gasteiger partial charge in [-0.1, -0.05) is 0 Å². The molecular weight excluding hydrogens is 808 g/mol. The number of nitrogen functional groups attached to an aromatic ring is 2. The van der Waals surface area contributed by atoms with Gasteiger partial charge in [0.15, 0.2) is 0 Å². The molecule has 6 aromatic rings. The summed E-state index contributed by atoms with van der Waals surface area (Å²) in [7, 11) is 0. The molecule has 308 valence electrons. The van der Waals surface area contributed by atoms with Crippen molar-refractivity contribution in [3.63, 3.8) is 0 Å². The first kappa shape index (κ1) is 42.1. The Labute approximate surface area is 327 Å². The third-order valence-corrected chi connectivity index (χ3v) is 8.91. The number of hydrogen-bond acceptors (Lipinski definition) is 5. The minimum atomic E-state index is -5.99. The monoisotopic (exact) mass is 836 g/mol. The molecule has 0 aliphatic carbocycles. The van der Waals surface area contributed by atoms with E-state index in [0.717, 1.165) is 24.3 Å². The average molecular weight is 837 g/mol. The third kappa shape index (κ3) is 8.00. The summed E-state index contributed by atoms with van der Waals surface area (Å²) in [4.78, 5) is 0. The van der Waals surface area contributed by atoms with Crippen molar-refractivity contribution >= 4 is 11.4 Å². The van der Waals surface area contributed by atoms with Crippen molar-refractivity contribution in [3.8, 4) is 34.5 Å². The number of nitrogens with two attached hydrogens (primary N) is 2. The number of alkyl halides is 12. The summed E-state index contributed by atoms with van der Waals surface area (Å²) < 4.78 is 197. The lowest BCUT2D eigenvalue weighted by molar-refractivity contribution is -0.321. The maximum Gasteiger partial charge on any atom is 0.380 e. The van der Waals surface area contributed by atoms with Crippen molar-refractivity contribution in [1.82, 2.24) is 0 Å². The molecule has 0 spiro atoms. The molecular formula is C42H28F12N2O3. The number of benzene rings is 6. The van der Waals surface area contributed by atoms with E-state index in [9.17, 15) is 0 Å².